The van der Waals surface area contributed by atoms with Gasteiger partial charge in [-0.2, -0.15) is 6.04 Å². The van der Waals surface area contributed by atoms with Gasteiger partial charge in [-0.15, -0.1) is 6.04 Å². The van der Waals surface area contributed by atoms with Crippen LogP contribution in [-0.2, 0) is 33.1 Å². The van der Waals surface area contributed by atoms with Crippen molar-refractivity contribution in [3.63, 3.8) is 0 Å². The topological polar surface area (TPSA) is 90.5 Å². The molecule has 0 radical (unpaired) electrons. The van der Waals surface area contributed by atoms with E-state index in [1.807, 2.05) is 78.0 Å². The molecule has 0 bridgehead atoms. The fourth-order valence-corrected chi connectivity index (χ4v) is 5.10. The quantitative estimate of drug-likeness (QED) is 0.193. The summed E-state index contributed by atoms with van der Waals surface area (Å²) in [5.74, 6) is 1.97. The Labute approximate surface area is 222 Å². The summed E-state index contributed by atoms with van der Waals surface area (Å²) in [6.45, 7) is 0. The van der Waals surface area contributed by atoms with E-state index in [-0.39, 0.29) is 13.2 Å². The van der Waals surface area contributed by atoms with Gasteiger partial charge >= 0.3 is 27.0 Å². The van der Waals surface area contributed by atoms with Gasteiger partial charge in [0.15, 0.2) is 0 Å². The second kappa shape index (κ2) is 14.6. The standard InChI is InChI=1S/C25H26N2O4S.CH3.ClH.Ru/c26-24-13-7-8-14-25(24)27-32(28,29)18-19-15-22(30-20-9-3-1-4-10-20)17-23(16-19)31-21-11-5-2-6-12-21;;;/h1-6,9-12,15-17,24-26H,7-8,13-14,18H2;1H3;1H;/q-2;-1;;+4/p-1. The van der Waals surface area contributed by atoms with Crippen molar-refractivity contribution in [2.75, 3.05) is 0 Å². The Bertz CT molecular complexity index is 1070. The molecule has 9 heteroatoms. The van der Waals surface area contributed by atoms with E-state index in [9.17, 15) is 8.42 Å². The van der Waals surface area contributed by atoms with E-state index < -0.39 is 22.1 Å². The van der Waals surface area contributed by atoms with Gasteiger partial charge in [0.2, 0.25) is 0 Å². The largest absolute Gasteiger partial charge is 0.676 e. The van der Waals surface area contributed by atoms with Crippen molar-refractivity contribution in [1.82, 2.24) is 0 Å². The van der Waals surface area contributed by atoms with Gasteiger partial charge in [0.05, 0.1) is 15.8 Å². The average molecular weight is 602 g/mol. The van der Waals surface area contributed by atoms with Crippen LogP contribution in [0.3, 0.4) is 0 Å². The third kappa shape index (κ3) is 9.55. The number of rotatable bonds is 8. The van der Waals surface area contributed by atoms with Gasteiger partial charge in [-0.3, -0.25) is 0 Å². The Kier molecular flexibility index (Phi) is 12.2. The summed E-state index contributed by atoms with van der Waals surface area (Å²) >= 11 is 1.82. The van der Waals surface area contributed by atoms with E-state index >= 15 is 0 Å². The number of hydrogen-bond donors (Lipinski definition) is 0. The first-order chi connectivity index (χ1) is 16.5. The molecule has 3 aromatic carbocycles. The molecule has 1 saturated carbocycles. The van der Waals surface area contributed by atoms with Crippen LogP contribution in [0.2, 0.25) is 0 Å². The van der Waals surface area contributed by atoms with Crippen molar-refractivity contribution in [2.24, 2.45) is 0 Å². The third-order valence-corrected chi connectivity index (χ3v) is 6.56. The number of halogens is 1. The number of sulfonamides is 1. The molecule has 0 aliphatic heterocycles. The molecular formula is C26H29ClN2O4RuS. The zero-order valence-electron chi connectivity index (χ0n) is 19.4. The van der Waals surface area contributed by atoms with Crippen LogP contribution in [0.15, 0.2) is 78.9 Å². The van der Waals surface area contributed by atoms with Crippen molar-refractivity contribution in [1.29, 1.82) is 0 Å². The maximum atomic E-state index is 12.8. The molecule has 1 aliphatic carbocycles. The van der Waals surface area contributed by atoms with Gasteiger partial charge < -0.3 is 27.4 Å². The molecule has 1 aliphatic rings. The molecule has 0 amide bonds. The first-order valence-electron chi connectivity index (χ1n) is 10.9. The van der Waals surface area contributed by atoms with Crippen LogP contribution in [0.25, 0.3) is 10.5 Å². The molecule has 188 valence electrons. The Morgan fingerprint density at radius 3 is 1.80 bits per heavy atom. The van der Waals surface area contributed by atoms with E-state index in [1.165, 1.54) is 0 Å². The maximum Gasteiger partial charge on any atom is 0.131 e. The Morgan fingerprint density at radius 1 is 0.829 bits per heavy atom. The predicted molar refractivity (Wildman–Crippen MR) is 138 cm³/mol. The Hall–Kier alpha value is -1.96. The number of para-hydroxylation sites is 2. The molecule has 6 nitrogen and oxygen atoms in total. The summed E-state index contributed by atoms with van der Waals surface area (Å²) < 4.78 is 41.6. The molecule has 35 heavy (non-hydrogen) atoms. The summed E-state index contributed by atoms with van der Waals surface area (Å²) in [6.07, 6.45) is 3.21. The fourth-order valence-electron chi connectivity index (χ4n) is 3.77. The van der Waals surface area contributed by atoms with Crippen molar-refractivity contribution in [2.45, 2.75) is 43.5 Å². The number of ether oxygens (including phenoxy) is 2. The number of benzene rings is 3. The smallest absolute Gasteiger partial charge is 0.131 e. The molecule has 0 heterocycles. The first kappa shape index (κ1) is 29.3. The van der Waals surface area contributed by atoms with Crippen LogP contribution >= 0.6 is 9.69 Å². The SMILES string of the molecule is [CH3-].[Cl][Ru+3].[NH-]C1CCCCC1[N-]S(=O)(=O)Cc1cc(Oc2ccccc2)cc(Oc2ccccc2)c1. The molecule has 0 saturated heterocycles. The molecular weight excluding hydrogens is 573 g/mol. The van der Waals surface area contributed by atoms with Gasteiger partial charge in [0, 0.05) is 6.07 Å². The van der Waals surface area contributed by atoms with Crippen LogP contribution in [0, 0.1) is 7.43 Å². The molecule has 2 unspecified atom stereocenters. The third-order valence-electron chi connectivity index (χ3n) is 5.27. The van der Waals surface area contributed by atoms with Gasteiger partial charge in [0.1, 0.15) is 23.0 Å². The molecule has 4 rings (SSSR count). The van der Waals surface area contributed by atoms with Crippen LogP contribution in [0.4, 0.5) is 0 Å². The van der Waals surface area contributed by atoms with Crippen molar-refractivity contribution < 1.29 is 35.2 Å². The predicted octanol–water partition coefficient (Wildman–Crippen LogP) is 7.98. The van der Waals surface area contributed by atoms with E-state index in [2.05, 4.69) is 14.4 Å². The second-order valence-electron chi connectivity index (χ2n) is 7.93. The van der Waals surface area contributed by atoms with Crippen molar-refractivity contribution >= 4 is 19.7 Å². The minimum atomic E-state index is -3.75. The van der Waals surface area contributed by atoms with E-state index in [0.29, 0.717) is 41.4 Å². The number of nitrogens with zero attached hydrogens (tertiary/aromatic N) is 1. The zero-order chi connectivity index (χ0) is 24.4. The van der Waals surface area contributed by atoms with Crippen LogP contribution in [-0.4, -0.2) is 20.5 Å². The van der Waals surface area contributed by atoms with Gasteiger partial charge in [-0.05, 0) is 42.0 Å². The summed E-state index contributed by atoms with van der Waals surface area (Å²) in [5, 5.41) is 0. The van der Waals surface area contributed by atoms with Crippen LogP contribution in [0.5, 0.6) is 23.0 Å². The summed E-state index contributed by atoms with van der Waals surface area (Å²) in [5.41, 5.74) is 8.63. The van der Waals surface area contributed by atoms with Crippen molar-refractivity contribution in [3.05, 3.63) is 102 Å². The monoisotopic (exact) mass is 602 g/mol. The van der Waals surface area contributed by atoms with E-state index in [0.717, 1.165) is 12.8 Å². The number of nitrogens with one attached hydrogen (secondary N) is 1. The molecule has 1 fully saturated rings. The summed E-state index contributed by atoms with van der Waals surface area (Å²) in [6, 6.07) is 22.8. The summed E-state index contributed by atoms with van der Waals surface area (Å²) in [4.78, 5) is 0. The van der Waals surface area contributed by atoms with Gasteiger partial charge in [-0.25, -0.2) is 8.42 Å². The normalized spacial score (nSPS) is 17.3. The second-order valence-corrected chi connectivity index (χ2v) is 9.60. The van der Waals surface area contributed by atoms with Crippen molar-refractivity contribution in [3.8, 4) is 23.0 Å². The molecule has 3 aromatic rings. The Morgan fingerprint density at radius 2 is 1.31 bits per heavy atom. The van der Waals surface area contributed by atoms with Gasteiger partial charge in [-0.1, -0.05) is 62.1 Å². The minimum absolute atomic E-state index is 0. The first-order valence-corrected chi connectivity index (χ1v) is 14.7. The fraction of sp³-hybridized carbons (Fsp3) is 0.269. The minimum Gasteiger partial charge on any atom is -0.676 e. The average Bonchev–Trinajstić information content (AvgIpc) is 2.83. The number of hydrogen-bond acceptors (Lipinski definition) is 4. The molecule has 0 aromatic heterocycles. The zero-order valence-corrected chi connectivity index (χ0v) is 22.7. The molecule has 1 N–H and O–H groups in total. The summed E-state index contributed by atoms with van der Waals surface area (Å²) in [7, 11) is 0.816. The van der Waals surface area contributed by atoms with Crippen LogP contribution < -0.4 is 9.47 Å². The Balaban J connectivity index is 0.00000140. The maximum absolute atomic E-state index is 12.8. The van der Waals surface area contributed by atoms with E-state index in [1.54, 1.807) is 18.2 Å². The van der Waals surface area contributed by atoms with Crippen LogP contribution in [0.1, 0.15) is 31.2 Å². The van der Waals surface area contributed by atoms with Gasteiger partial charge in [0.25, 0.3) is 0 Å². The van der Waals surface area contributed by atoms with E-state index in [4.69, 9.17) is 15.2 Å². The molecule has 2 atom stereocenters. The molecule has 0 spiro atoms.